The molecule has 2 aromatic rings. The Kier molecular flexibility index (Phi) is 5.23. The monoisotopic (exact) mass is 392 g/mol. The van der Waals surface area contributed by atoms with E-state index in [0.717, 1.165) is 10.6 Å². The third-order valence-corrected chi connectivity index (χ3v) is 4.83. The van der Waals surface area contributed by atoms with Gasteiger partial charge in [0.2, 0.25) is 0 Å². The van der Waals surface area contributed by atoms with Crippen molar-refractivity contribution in [2.24, 2.45) is 5.10 Å². The summed E-state index contributed by atoms with van der Waals surface area (Å²) in [5.41, 5.74) is 0.492. The van der Waals surface area contributed by atoms with Crippen molar-refractivity contribution in [2.45, 2.75) is 26.0 Å². The summed E-state index contributed by atoms with van der Waals surface area (Å²) in [6.45, 7) is 3.36. The van der Waals surface area contributed by atoms with E-state index in [1.54, 1.807) is 49.4 Å². The summed E-state index contributed by atoms with van der Waals surface area (Å²) in [7, 11) is 0. The predicted octanol–water partition coefficient (Wildman–Crippen LogP) is 4.13. The van der Waals surface area contributed by atoms with Gasteiger partial charge in [0.05, 0.1) is 0 Å². The fourth-order valence-electron chi connectivity index (χ4n) is 2.84. The zero-order valence-corrected chi connectivity index (χ0v) is 15.9. The van der Waals surface area contributed by atoms with Gasteiger partial charge < -0.3 is 9.84 Å². The normalized spacial score (nSPS) is 19.4. The van der Waals surface area contributed by atoms with Crippen molar-refractivity contribution in [3.05, 3.63) is 63.6 Å². The molecular formula is C19H18Cl2N2O3. The van der Waals surface area contributed by atoms with Crippen molar-refractivity contribution in [3.8, 4) is 5.75 Å². The van der Waals surface area contributed by atoms with Crippen molar-refractivity contribution < 1.29 is 14.6 Å². The molecule has 1 N–H and O–H groups in total. The zero-order valence-electron chi connectivity index (χ0n) is 14.4. The molecular weight excluding hydrogens is 375 g/mol. The maximum absolute atomic E-state index is 12.7. The molecule has 5 nitrogen and oxygen atoms in total. The highest BCUT2D eigenvalue weighted by atomic mass is 35.5. The van der Waals surface area contributed by atoms with Gasteiger partial charge >= 0.3 is 0 Å². The van der Waals surface area contributed by atoms with Crippen LogP contribution in [0.15, 0.2) is 47.6 Å². The summed E-state index contributed by atoms with van der Waals surface area (Å²) in [5, 5.41) is 17.6. The number of ether oxygens (including phenoxy) is 1. The van der Waals surface area contributed by atoms with Crippen LogP contribution in [0.1, 0.15) is 24.5 Å². The summed E-state index contributed by atoms with van der Waals surface area (Å²) in [6.07, 6.45) is 0.223. The lowest BCUT2D eigenvalue weighted by Gasteiger charge is -2.31. The molecule has 0 spiro atoms. The minimum absolute atomic E-state index is 0.223. The van der Waals surface area contributed by atoms with Crippen LogP contribution in [0.3, 0.4) is 0 Å². The zero-order chi connectivity index (χ0) is 18.9. The van der Waals surface area contributed by atoms with Crippen LogP contribution in [-0.4, -0.2) is 28.3 Å². The molecule has 0 aliphatic carbocycles. The molecule has 136 valence electrons. The minimum Gasteiger partial charge on any atom is -0.484 e. The molecule has 1 atom stereocenters. The third-order valence-electron chi connectivity index (χ3n) is 4.16. The molecule has 26 heavy (non-hydrogen) atoms. The molecule has 2 aromatic carbocycles. The van der Waals surface area contributed by atoms with Crippen LogP contribution >= 0.6 is 23.2 Å². The van der Waals surface area contributed by atoms with Gasteiger partial charge in [-0.2, -0.15) is 10.1 Å². The number of carbonyl (C=O) groups is 1. The second-order valence-electron chi connectivity index (χ2n) is 6.24. The van der Waals surface area contributed by atoms with Gasteiger partial charge in [0.1, 0.15) is 5.75 Å². The number of rotatable bonds is 4. The van der Waals surface area contributed by atoms with Crippen LogP contribution in [-0.2, 0) is 10.5 Å². The highest BCUT2D eigenvalue weighted by Crippen LogP contribution is 2.35. The van der Waals surface area contributed by atoms with E-state index < -0.39 is 11.6 Å². The summed E-state index contributed by atoms with van der Waals surface area (Å²) in [4.78, 5) is 12.7. The summed E-state index contributed by atoms with van der Waals surface area (Å²) in [6, 6.07) is 11.8. The van der Waals surface area contributed by atoms with E-state index in [9.17, 15) is 9.90 Å². The molecule has 0 saturated carbocycles. The Morgan fingerprint density at radius 3 is 2.58 bits per heavy atom. The van der Waals surface area contributed by atoms with Gasteiger partial charge in [0, 0.05) is 27.7 Å². The molecule has 1 amide bonds. The lowest BCUT2D eigenvalue weighted by molar-refractivity contribution is -0.159. The standard InChI is InChI=1S/C19H18Cl2N2O3/c1-12-9-16(7-8-17(12)21)26-11-18(24)23-19(25,10-13(2)22-23)14-3-5-15(20)6-4-14/h3-9,25H,10-11H2,1-2H3/t19-/m1/s1. The van der Waals surface area contributed by atoms with E-state index in [1.807, 2.05) is 6.92 Å². The van der Waals surface area contributed by atoms with Crippen molar-refractivity contribution >= 4 is 34.8 Å². The van der Waals surface area contributed by atoms with Gasteiger partial charge in [0.15, 0.2) is 12.3 Å². The first-order chi connectivity index (χ1) is 12.3. The number of hydrogen-bond donors (Lipinski definition) is 1. The molecule has 0 radical (unpaired) electrons. The Hall–Kier alpha value is -2.08. The molecule has 0 aromatic heterocycles. The number of nitrogens with zero attached hydrogens (tertiary/aromatic N) is 2. The van der Waals surface area contributed by atoms with Gasteiger partial charge in [-0.25, -0.2) is 0 Å². The van der Waals surface area contributed by atoms with E-state index in [0.29, 0.717) is 27.1 Å². The molecule has 7 heteroatoms. The first-order valence-electron chi connectivity index (χ1n) is 8.04. The fourth-order valence-corrected chi connectivity index (χ4v) is 3.08. The van der Waals surface area contributed by atoms with Gasteiger partial charge in [-0.05, 0) is 49.7 Å². The van der Waals surface area contributed by atoms with E-state index in [1.165, 1.54) is 0 Å². The molecule has 1 heterocycles. The van der Waals surface area contributed by atoms with Gasteiger partial charge in [0.25, 0.3) is 5.91 Å². The van der Waals surface area contributed by atoms with Crippen molar-refractivity contribution in [1.82, 2.24) is 5.01 Å². The largest absolute Gasteiger partial charge is 0.484 e. The highest BCUT2D eigenvalue weighted by molar-refractivity contribution is 6.31. The van der Waals surface area contributed by atoms with Crippen molar-refractivity contribution in [3.63, 3.8) is 0 Å². The summed E-state index contributed by atoms with van der Waals surface area (Å²) in [5.74, 6) is 0.0714. The number of hydrazone groups is 1. The minimum atomic E-state index is -1.55. The molecule has 3 rings (SSSR count). The molecule has 1 aliphatic heterocycles. The molecule has 0 unspecified atom stereocenters. The van der Waals surface area contributed by atoms with Gasteiger partial charge in [-0.3, -0.25) is 4.79 Å². The van der Waals surface area contributed by atoms with Crippen LogP contribution in [0.25, 0.3) is 0 Å². The first kappa shape index (κ1) is 18.7. The Bertz CT molecular complexity index is 868. The van der Waals surface area contributed by atoms with Crippen molar-refractivity contribution in [1.29, 1.82) is 0 Å². The Balaban J connectivity index is 1.77. The average Bonchev–Trinajstić information content (AvgIpc) is 2.92. The second-order valence-corrected chi connectivity index (χ2v) is 7.08. The lowest BCUT2D eigenvalue weighted by Crippen LogP contribution is -2.45. The van der Waals surface area contributed by atoms with E-state index in [-0.39, 0.29) is 13.0 Å². The Morgan fingerprint density at radius 2 is 1.92 bits per heavy atom. The van der Waals surface area contributed by atoms with Crippen molar-refractivity contribution in [2.75, 3.05) is 6.61 Å². The predicted molar refractivity (Wildman–Crippen MR) is 102 cm³/mol. The quantitative estimate of drug-likeness (QED) is 0.850. The number of benzene rings is 2. The fraction of sp³-hybridized carbons (Fsp3) is 0.263. The summed E-state index contributed by atoms with van der Waals surface area (Å²) < 4.78 is 5.55. The SMILES string of the molecule is CC1=NN(C(=O)COc2ccc(Cl)c(C)c2)[C@](O)(c2ccc(Cl)cc2)C1. The lowest BCUT2D eigenvalue weighted by atomic mass is 9.98. The van der Waals surface area contributed by atoms with E-state index in [2.05, 4.69) is 5.10 Å². The number of hydrogen-bond acceptors (Lipinski definition) is 4. The second kappa shape index (κ2) is 7.27. The van der Waals surface area contributed by atoms with Crippen LogP contribution < -0.4 is 4.74 Å². The first-order valence-corrected chi connectivity index (χ1v) is 8.80. The molecule has 0 bridgehead atoms. The van der Waals surface area contributed by atoms with Gasteiger partial charge in [-0.15, -0.1) is 0 Å². The topological polar surface area (TPSA) is 62.1 Å². The number of amides is 1. The highest BCUT2D eigenvalue weighted by Gasteiger charge is 2.44. The number of aliphatic hydroxyl groups is 1. The number of carbonyl (C=O) groups excluding carboxylic acids is 1. The third kappa shape index (κ3) is 3.70. The summed E-state index contributed by atoms with van der Waals surface area (Å²) >= 11 is 11.9. The Morgan fingerprint density at radius 1 is 1.23 bits per heavy atom. The van der Waals surface area contributed by atoms with Crippen LogP contribution in [0, 0.1) is 6.92 Å². The van der Waals surface area contributed by atoms with E-state index in [4.69, 9.17) is 27.9 Å². The molecule has 0 saturated heterocycles. The molecule has 1 aliphatic rings. The number of halogens is 2. The smallest absolute Gasteiger partial charge is 0.283 e. The maximum atomic E-state index is 12.7. The number of aryl methyl sites for hydroxylation is 1. The maximum Gasteiger partial charge on any atom is 0.283 e. The van der Waals surface area contributed by atoms with E-state index >= 15 is 0 Å². The van der Waals surface area contributed by atoms with Crippen LogP contribution in [0.4, 0.5) is 0 Å². The van der Waals surface area contributed by atoms with Crippen LogP contribution in [0.2, 0.25) is 10.0 Å². The molecule has 0 fully saturated rings. The Labute approximate surface area is 161 Å². The van der Waals surface area contributed by atoms with Crippen LogP contribution in [0.5, 0.6) is 5.75 Å². The van der Waals surface area contributed by atoms with Gasteiger partial charge in [-0.1, -0.05) is 35.3 Å². The average molecular weight is 393 g/mol.